The van der Waals surface area contributed by atoms with Gasteiger partial charge < -0.3 is 5.32 Å². The molecular formula is C26H26N4O3S. The van der Waals surface area contributed by atoms with Gasteiger partial charge in [-0.15, -0.1) is 0 Å². The number of nitrogens with one attached hydrogen (secondary N) is 1. The molecule has 0 bridgehead atoms. The van der Waals surface area contributed by atoms with E-state index >= 15 is 0 Å². The van der Waals surface area contributed by atoms with Gasteiger partial charge in [-0.3, -0.25) is 9.10 Å². The van der Waals surface area contributed by atoms with Crippen LogP contribution >= 0.6 is 0 Å². The van der Waals surface area contributed by atoms with Crippen LogP contribution in [-0.2, 0) is 16.6 Å². The highest BCUT2D eigenvalue weighted by atomic mass is 32.2. The second-order valence-electron chi connectivity index (χ2n) is 7.80. The molecule has 0 saturated carbocycles. The molecule has 4 rings (SSSR count). The van der Waals surface area contributed by atoms with Crippen molar-refractivity contribution < 1.29 is 13.2 Å². The molecule has 8 heteroatoms. The van der Waals surface area contributed by atoms with Crippen molar-refractivity contribution in [2.75, 3.05) is 10.8 Å². The van der Waals surface area contributed by atoms with E-state index < -0.39 is 10.0 Å². The molecule has 1 N–H and O–H groups in total. The fourth-order valence-electron chi connectivity index (χ4n) is 3.68. The maximum atomic E-state index is 13.5. The summed E-state index contributed by atoms with van der Waals surface area (Å²) >= 11 is 0. The van der Waals surface area contributed by atoms with Crippen molar-refractivity contribution in [2.24, 2.45) is 0 Å². The zero-order valence-electron chi connectivity index (χ0n) is 19.0. The number of benzene rings is 3. The lowest BCUT2D eigenvalue weighted by molar-refractivity contribution is 0.0950. The van der Waals surface area contributed by atoms with Crippen LogP contribution in [0.3, 0.4) is 0 Å². The lowest BCUT2D eigenvalue weighted by Crippen LogP contribution is -2.31. The molecule has 0 atom stereocenters. The lowest BCUT2D eigenvalue weighted by atomic mass is 10.1. The number of nitrogens with zero attached hydrogens (tertiary/aromatic N) is 3. The molecule has 0 radical (unpaired) electrons. The monoisotopic (exact) mass is 474 g/mol. The van der Waals surface area contributed by atoms with Crippen molar-refractivity contribution in [1.82, 2.24) is 15.1 Å². The number of aryl methyl sites for hydroxylation is 1. The first kappa shape index (κ1) is 23.3. The van der Waals surface area contributed by atoms with Gasteiger partial charge in [0.25, 0.3) is 15.9 Å². The summed E-state index contributed by atoms with van der Waals surface area (Å²) < 4.78 is 30.0. The maximum absolute atomic E-state index is 13.5. The van der Waals surface area contributed by atoms with E-state index in [1.165, 1.54) is 10.4 Å². The standard InChI is InChI=1S/C26H26N4O3S/c1-3-30(24-12-8-5-9-13-24)34(32,33)25-16-22(15-14-20(25)2)26(31)27-17-21-18-28-29(19-21)23-10-6-4-7-11-23/h4-16,18-19H,3,17H2,1-2H3,(H,27,31). The fourth-order valence-corrected chi connectivity index (χ4v) is 5.41. The summed E-state index contributed by atoms with van der Waals surface area (Å²) in [5.41, 5.74) is 3.19. The highest BCUT2D eigenvalue weighted by molar-refractivity contribution is 7.92. The van der Waals surface area contributed by atoms with Crippen LogP contribution in [0.25, 0.3) is 5.69 Å². The Morgan fingerprint density at radius 1 is 1.00 bits per heavy atom. The van der Waals surface area contributed by atoms with Crippen LogP contribution < -0.4 is 9.62 Å². The van der Waals surface area contributed by atoms with Crippen LogP contribution in [0.4, 0.5) is 5.69 Å². The van der Waals surface area contributed by atoms with Gasteiger partial charge in [-0.25, -0.2) is 13.1 Å². The third-order valence-corrected chi connectivity index (χ3v) is 7.50. The Morgan fingerprint density at radius 3 is 2.35 bits per heavy atom. The fraction of sp³-hybridized carbons (Fsp3) is 0.154. The number of carbonyl (C=O) groups excluding carboxylic acids is 1. The molecule has 1 aromatic heterocycles. The number of para-hydroxylation sites is 2. The number of hydrogen-bond acceptors (Lipinski definition) is 4. The third kappa shape index (κ3) is 4.87. The average molecular weight is 475 g/mol. The molecule has 0 saturated heterocycles. The number of sulfonamides is 1. The molecule has 34 heavy (non-hydrogen) atoms. The maximum Gasteiger partial charge on any atom is 0.264 e. The molecule has 0 aliphatic carbocycles. The predicted octanol–water partition coefficient (Wildman–Crippen LogP) is 4.33. The van der Waals surface area contributed by atoms with Crippen LogP contribution in [0.2, 0.25) is 0 Å². The summed E-state index contributed by atoms with van der Waals surface area (Å²) in [6, 6.07) is 23.4. The zero-order valence-corrected chi connectivity index (χ0v) is 19.9. The highest BCUT2D eigenvalue weighted by Gasteiger charge is 2.26. The molecule has 4 aromatic rings. The van der Waals surface area contributed by atoms with Crippen molar-refractivity contribution in [1.29, 1.82) is 0 Å². The van der Waals surface area contributed by atoms with Gasteiger partial charge >= 0.3 is 0 Å². The van der Waals surface area contributed by atoms with E-state index in [2.05, 4.69) is 10.4 Å². The minimum absolute atomic E-state index is 0.114. The topological polar surface area (TPSA) is 84.3 Å². The van der Waals surface area contributed by atoms with Crippen LogP contribution in [0.5, 0.6) is 0 Å². The van der Waals surface area contributed by atoms with Gasteiger partial charge in [-0.2, -0.15) is 5.10 Å². The number of hydrogen-bond donors (Lipinski definition) is 1. The minimum Gasteiger partial charge on any atom is -0.348 e. The van der Waals surface area contributed by atoms with E-state index in [1.54, 1.807) is 61.1 Å². The van der Waals surface area contributed by atoms with Gasteiger partial charge in [0.05, 0.1) is 22.5 Å². The van der Waals surface area contributed by atoms with E-state index in [0.717, 1.165) is 11.3 Å². The number of anilines is 1. The van der Waals surface area contributed by atoms with E-state index in [1.807, 2.05) is 42.6 Å². The van der Waals surface area contributed by atoms with Crippen LogP contribution in [0.1, 0.15) is 28.4 Å². The quantitative estimate of drug-likeness (QED) is 0.412. The van der Waals surface area contributed by atoms with Crippen LogP contribution in [0.15, 0.2) is 96.2 Å². The minimum atomic E-state index is -3.85. The van der Waals surface area contributed by atoms with Gasteiger partial charge in [0.1, 0.15) is 0 Å². The van der Waals surface area contributed by atoms with Crippen molar-refractivity contribution in [3.05, 3.63) is 108 Å². The molecule has 0 aliphatic heterocycles. The molecule has 7 nitrogen and oxygen atoms in total. The molecule has 1 heterocycles. The summed E-state index contributed by atoms with van der Waals surface area (Å²) in [5.74, 6) is -0.355. The second kappa shape index (κ2) is 9.93. The first-order valence-corrected chi connectivity index (χ1v) is 12.4. The van der Waals surface area contributed by atoms with Crippen LogP contribution in [0, 0.1) is 6.92 Å². The zero-order chi connectivity index (χ0) is 24.1. The van der Waals surface area contributed by atoms with Crippen LogP contribution in [-0.4, -0.2) is 30.7 Å². The van der Waals surface area contributed by atoms with E-state index in [4.69, 9.17) is 0 Å². The third-order valence-electron chi connectivity index (χ3n) is 5.46. The molecule has 0 aliphatic rings. The number of aromatic nitrogens is 2. The second-order valence-corrected chi connectivity index (χ2v) is 9.63. The van der Waals surface area contributed by atoms with E-state index in [0.29, 0.717) is 11.3 Å². The summed E-state index contributed by atoms with van der Waals surface area (Å²) in [6.07, 6.45) is 3.54. The van der Waals surface area contributed by atoms with E-state index in [-0.39, 0.29) is 29.5 Å². The largest absolute Gasteiger partial charge is 0.348 e. The Kier molecular flexibility index (Phi) is 6.79. The van der Waals surface area contributed by atoms with E-state index in [9.17, 15) is 13.2 Å². The number of carbonyl (C=O) groups is 1. The van der Waals surface area contributed by atoms with Gasteiger partial charge in [-0.05, 0) is 55.8 Å². The summed E-state index contributed by atoms with van der Waals surface area (Å²) in [4.78, 5) is 13.0. The molecule has 0 spiro atoms. The van der Waals surface area contributed by atoms with Gasteiger partial charge in [-0.1, -0.05) is 42.5 Å². The summed E-state index contributed by atoms with van der Waals surface area (Å²) in [6.45, 7) is 4.05. The van der Waals surface area contributed by atoms with Gasteiger partial charge in [0.15, 0.2) is 0 Å². The molecule has 174 valence electrons. The van der Waals surface area contributed by atoms with Crippen molar-refractivity contribution in [2.45, 2.75) is 25.3 Å². The first-order chi connectivity index (χ1) is 16.4. The molecular weight excluding hydrogens is 448 g/mol. The van der Waals surface area contributed by atoms with Gasteiger partial charge in [0, 0.05) is 30.4 Å². The Bertz CT molecular complexity index is 1380. The van der Waals surface area contributed by atoms with Gasteiger partial charge in [0.2, 0.25) is 0 Å². The predicted molar refractivity (Wildman–Crippen MR) is 133 cm³/mol. The molecule has 0 fully saturated rings. The number of rotatable bonds is 8. The highest BCUT2D eigenvalue weighted by Crippen LogP contribution is 2.26. The lowest BCUT2D eigenvalue weighted by Gasteiger charge is -2.24. The molecule has 3 aromatic carbocycles. The number of amides is 1. The van der Waals surface area contributed by atoms with Crippen molar-refractivity contribution in [3.63, 3.8) is 0 Å². The average Bonchev–Trinajstić information content (AvgIpc) is 3.33. The Balaban J connectivity index is 1.52. The Hall–Kier alpha value is -3.91. The smallest absolute Gasteiger partial charge is 0.264 e. The van der Waals surface area contributed by atoms with Crippen molar-refractivity contribution >= 4 is 21.6 Å². The van der Waals surface area contributed by atoms with Crippen molar-refractivity contribution in [3.8, 4) is 5.69 Å². The first-order valence-electron chi connectivity index (χ1n) is 11.0. The Labute approximate surface area is 199 Å². The Morgan fingerprint density at radius 2 is 1.68 bits per heavy atom. The SMILES string of the molecule is CCN(c1ccccc1)S(=O)(=O)c1cc(C(=O)NCc2cnn(-c3ccccc3)c2)ccc1C. The normalized spacial score (nSPS) is 11.2. The molecule has 0 unspecified atom stereocenters. The summed E-state index contributed by atoms with van der Waals surface area (Å²) in [7, 11) is -3.85. The molecule has 1 amide bonds. The summed E-state index contributed by atoms with van der Waals surface area (Å²) in [5, 5.41) is 7.19.